The molecule has 0 bridgehead atoms. The van der Waals surface area contributed by atoms with E-state index in [-0.39, 0.29) is 6.04 Å². The SMILES string of the molecule is CCOc1cnn(-c2cccc(C(N)CC)c2)c1. The highest BCUT2D eigenvalue weighted by atomic mass is 16.5. The lowest BCUT2D eigenvalue weighted by Gasteiger charge is -2.10. The van der Waals surface area contributed by atoms with Crippen LogP contribution < -0.4 is 10.5 Å². The predicted molar refractivity (Wildman–Crippen MR) is 72.0 cm³/mol. The van der Waals surface area contributed by atoms with Gasteiger partial charge in [0.2, 0.25) is 0 Å². The third-order valence-electron chi connectivity index (χ3n) is 2.87. The van der Waals surface area contributed by atoms with E-state index < -0.39 is 0 Å². The summed E-state index contributed by atoms with van der Waals surface area (Å²) in [5.41, 5.74) is 8.17. The second-order valence-corrected chi connectivity index (χ2v) is 4.16. The second-order valence-electron chi connectivity index (χ2n) is 4.16. The van der Waals surface area contributed by atoms with E-state index in [9.17, 15) is 0 Å². The van der Waals surface area contributed by atoms with Crippen LogP contribution in [-0.2, 0) is 0 Å². The fourth-order valence-corrected chi connectivity index (χ4v) is 1.82. The van der Waals surface area contributed by atoms with E-state index in [1.165, 1.54) is 0 Å². The number of hydrogen-bond donors (Lipinski definition) is 1. The van der Waals surface area contributed by atoms with Crippen LogP contribution >= 0.6 is 0 Å². The van der Waals surface area contributed by atoms with E-state index in [2.05, 4.69) is 18.1 Å². The zero-order chi connectivity index (χ0) is 13.0. The first-order valence-corrected chi connectivity index (χ1v) is 6.28. The molecule has 2 N–H and O–H groups in total. The molecule has 96 valence electrons. The number of aromatic nitrogens is 2. The average molecular weight is 245 g/mol. The van der Waals surface area contributed by atoms with Gasteiger partial charge in [0.1, 0.15) is 0 Å². The molecule has 0 aliphatic rings. The molecule has 0 spiro atoms. The van der Waals surface area contributed by atoms with E-state index in [0.717, 1.165) is 23.4 Å². The first-order valence-electron chi connectivity index (χ1n) is 6.28. The quantitative estimate of drug-likeness (QED) is 0.881. The Hall–Kier alpha value is -1.81. The van der Waals surface area contributed by atoms with Crippen LogP contribution in [0.4, 0.5) is 0 Å². The molecular weight excluding hydrogens is 226 g/mol. The Morgan fingerprint density at radius 2 is 2.22 bits per heavy atom. The molecule has 1 aromatic heterocycles. The zero-order valence-corrected chi connectivity index (χ0v) is 10.8. The van der Waals surface area contributed by atoms with E-state index in [4.69, 9.17) is 10.5 Å². The molecule has 1 unspecified atom stereocenters. The molecule has 0 aliphatic heterocycles. The fourth-order valence-electron chi connectivity index (χ4n) is 1.82. The van der Waals surface area contributed by atoms with E-state index in [1.54, 1.807) is 10.9 Å². The van der Waals surface area contributed by atoms with Gasteiger partial charge in [-0.05, 0) is 31.0 Å². The van der Waals surface area contributed by atoms with Gasteiger partial charge in [0.25, 0.3) is 0 Å². The zero-order valence-electron chi connectivity index (χ0n) is 10.8. The summed E-state index contributed by atoms with van der Waals surface area (Å²) in [6, 6.07) is 8.20. The van der Waals surface area contributed by atoms with Crippen LogP contribution in [0, 0.1) is 0 Å². The molecule has 0 aliphatic carbocycles. The van der Waals surface area contributed by atoms with Gasteiger partial charge in [-0.15, -0.1) is 0 Å². The molecule has 1 heterocycles. The predicted octanol–water partition coefficient (Wildman–Crippen LogP) is 2.68. The Kier molecular flexibility index (Phi) is 3.99. The van der Waals surface area contributed by atoms with Crippen molar-refractivity contribution in [1.29, 1.82) is 0 Å². The van der Waals surface area contributed by atoms with Crippen molar-refractivity contribution in [3.63, 3.8) is 0 Å². The van der Waals surface area contributed by atoms with Crippen molar-refractivity contribution in [1.82, 2.24) is 9.78 Å². The van der Waals surface area contributed by atoms with Gasteiger partial charge in [-0.2, -0.15) is 5.10 Å². The van der Waals surface area contributed by atoms with Gasteiger partial charge < -0.3 is 10.5 Å². The highest BCUT2D eigenvalue weighted by Crippen LogP contribution is 2.19. The maximum absolute atomic E-state index is 6.04. The summed E-state index contributed by atoms with van der Waals surface area (Å²) >= 11 is 0. The average Bonchev–Trinajstić information content (AvgIpc) is 2.87. The number of nitrogens with two attached hydrogens (primary N) is 1. The standard InChI is InChI=1S/C14H19N3O/c1-3-14(15)11-6-5-7-12(8-11)17-10-13(9-16-17)18-4-2/h5-10,14H,3-4,15H2,1-2H3. The summed E-state index contributed by atoms with van der Waals surface area (Å²) in [6.07, 6.45) is 4.52. The maximum Gasteiger partial charge on any atom is 0.157 e. The topological polar surface area (TPSA) is 53.1 Å². The lowest BCUT2D eigenvalue weighted by molar-refractivity contribution is 0.340. The summed E-state index contributed by atoms with van der Waals surface area (Å²) in [4.78, 5) is 0. The van der Waals surface area contributed by atoms with E-state index >= 15 is 0 Å². The van der Waals surface area contributed by atoms with Gasteiger partial charge >= 0.3 is 0 Å². The third-order valence-corrected chi connectivity index (χ3v) is 2.87. The molecule has 18 heavy (non-hydrogen) atoms. The van der Waals surface area contributed by atoms with Crippen LogP contribution in [0.15, 0.2) is 36.7 Å². The van der Waals surface area contributed by atoms with Crippen molar-refractivity contribution in [2.45, 2.75) is 26.3 Å². The largest absolute Gasteiger partial charge is 0.491 e. The molecule has 2 rings (SSSR count). The van der Waals surface area contributed by atoms with Crippen LogP contribution in [-0.4, -0.2) is 16.4 Å². The van der Waals surface area contributed by atoms with Crippen LogP contribution in [0.1, 0.15) is 31.9 Å². The van der Waals surface area contributed by atoms with Crippen molar-refractivity contribution in [2.75, 3.05) is 6.61 Å². The van der Waals surface area contributed by atoms with Gasteiger partial charge in [0.05, 0.1) is 24.7 Å². The molecule has 0 radical (unpaired) electrons. The fraction of sp³-hybridized carbons (Fsp3) is 0.357. The minimum absolute atomic E-state index is 0.0758. The van der Waals surface area contributed by atoms with Gasteiger partial charge in [-0.1, -0.05) is 19.1 Å². The van der Waals surface area contributed by atoms with Crippen molar-refractivity contribution in [3.8, 4) is 11.4 Å². The van der Waals surface area contributed by atoms with Crippen molar-refractivity contribution >= 4 is 0 Å². The lowest BCUT2D eigenvalue weighted by Crippen LogP contribution is -2.09. The normalized spacial score (nSPS) is 12.4. The summed E-state index contributed by atoms with van der Waals surface area (Å²) < 4.78 is 7.20. The van der Waals surface area contributed by atoms with Crippen LogP contribution in [0.5, 0.6) is 5.75 Å². The number of rotatable bonds is 5. The summed E-state index contributed by atoms with van der Waals surface area (Å²) in [6.45, 7) is 4.68. The van der Waals surface area contributed by atoms with Crippen LogP contribution in [0.2, 0.25) is 0 Å². The molecule has 2 aromatic rings. The summed E-state index contributed by atoms with van der Waals surface area (Å²) in [5, 5.41) is 4.28. The van der Waals surface area contributed by atoms with Crippen molar-refractivity contribution in [3.05, 3.63) is 42.2 Å². The van der Waals surface area contributed by atoms with Crippen molar-refractivity contribution in [2.24, 2.45) is 5.73 Å². The van der Waals surface area contributed by atoms with Crippen LogP contribution in [0.25, 0.3) is 5.69 Å². The Bertz CT molecular complexity index is 507. The number of benzene rings is 1. The molecule has 0 saturated heterocycles. The van der Waals surface area contributed by atoms with Gasteiger partial charge in [0.15, 0.2) is 5.75 Å². The maximum atomic E-state index is 6.04. The number of nitrogens with zero attached hydrogens (tertiary/aromatic N) is 2. The van der Waals surface area contributed by atoms with Crippen molar-refractivity contribution < 1.29 is 4.74 Å². The minimum atomic E-state index is 0.0758. The molecule has 1 atom stereocenters. The van der Waals surface area contributed by atoms with Gasteiger partial charge in [-0.25, -0.2) is 4.68 Å². The summed E-state index contributed by atoms with van der Waals surface area (Å²) in [5.74, 6) is 0.780. The smallest absolute Gasteiger partial charge is 0.157 e. The minimum Gasteiger partial charge on any atom is -0.491 e. The molecule has 4 heteroatoms. The first-order chi connectivity index (χ1) is 8.74. The third kappa shape index (κ3) is 2.71. The molecule has 0 amide bonds. The number of ether oxygens (including phenoxy) is 1. The Labute approximate surface area is 107 Å². The Morgan fingerprint density at radius 1 is 1.39 bits per heavy atom. The second kappa shape index (κ2) is 5.69. The van der Waals surface area contributed by atoms with Crippen LogP contribution in [0.3, 0.4) is 0 Å². The van der Waals surface area contributed by atoms with E-state index in [0.29, 0.717) is 6.61 Å². The highest BCUT2D eigenvalue weighted by molar-refractivity contribution is 5.37. The first kappa shape index (κ1) is 12.6. The molecule has 0 fully saturated rings. The van der Waals surface area contributed by atoms with Gasteiger partial charge in [-0.3, -0.25) is 0 Å². The Balaban J connectivity index is 2.26. The number of hydrogen-bond acceptors (Lipinski definition) is 3. The monoisotopic (exact) mass is 245 g/mol. The highest BCUT2D eigenvalue weighted by Gasteiger charge is 2.06. The molecular formula is C14H19N3O. The lowest BCUT2D eigenvalue weighted by atomic mass is 10.1. The summed E-state index contributed by atoms with van der Waals surface area (Å²) in [7, 11) is 0. The van der Waals surface area contributed by atoms with E-state index in [1.807, 2.05) is 31.3 Å². The van der Waals surface area contributed by atoms with Gasteiger partial charge in [0, 0.05) is 6.04 Å². The molecule has 0 saturated carbocycles. The molecule has 4 nitrogen and oxygen atoms in total. The molecule has 1 aromatic carbocycles. The Morgan fingerprint density at radius 3 is 2.94 bits per heavy atom.